The highest BCUT2D eigenvalue weighted by atomic mass is 16.5. The third kappa shape index (κ3) is 10.8. The Hall–Kier alpha value is -4.79. The number of rotatable bonds is 15. The number of likely N-dealkylation sites (N-methyl/N-ethyl adjacent to an activating group) is 1. The van der Waals surface area contributed by atoms with Gasteiger partial charge in [0.25, 0.3) is 11.8 Å². The van der Waals surface area contributed by atoms with Crippen LogP contribution in [0.25, 0.3) is 11.1 Å². The van der Waals surface area contributed by atoms with E-state index < -0.39 is 0 Å². The summed E-state index contributed by atoms with van der Waals surface area (Å²) in [6.07, 6.45) is 2.70. The Balaban J connectivity index is 1.01. The molecule has 0 aliphatic carbocycles. The molecule has 0 saturated carbocycles. The average Bonchev–Trinajstić information content (AvgIpc) is 3.15. The fourth-order valence-electron chi connectivity index (χ4n) is 6.66. The summed E-state index contributed by atoms with van der Waals surface area (Å²) < 4.78 is 5.90. The van der Waals surface area contributed by atoms with Crippen LogP contribution in [0.1, 0.15) is 63.6 Å². The van der Waals surface area contributed by atoms with Crippen LogP contribution in [-0.2, 0) is 29.0 Å². The Morgan fingerprint density at radius 2 is 1.22 bits per heavy atom. The minimum Gasteiger partial charge on any atom is -0.462 e. The highest BCUT2D eigenvalue weighted by molar-refractivity contribution is 5.94. The zero-order chi connectivity index (χ0) is 36.2. The van der Waals surface area contributed by atoms with Gasteiger partial charge in [0, 0.05) is 71.0 Å². The van der Waals surface area contributed by atoms with Gasteiger partial charge in [0.2, 0.25) is 0 Å². The molecule has 0 atom stereocenters. The third-order valence-electron chi connectivity index (χ3n) is 9.58. The molecule has 1 heterocycles. The standard InChI is InChI=1S/C43H52N4O4/c1-5-25-45(3)42(49)36-19-15-33(16-20-36)31-44(2)32-34-17-21-37(22-18-34)43(50)46(4)28-29-47-26-23-39(24-27-47)51-41(48)30-38-13-9-10-14-40(38)35-11-7-6-8-12-35/h6-22,39H,5,23-32H2,1-4H3. The molecular formula is C43H52N4O4. The molecule has 4 aromatic carbocycles. The Labute approximate surface area is 303 Å². The molecular weight excluding hydrogens is 636 g/mol. The predicted molar refractivity (Wildman–Crippen MR) is 203 cm³/mol. The lowest BCUT2D eigenvalue weighted by Crippen LogP contribution is -2.42. The van der Waals surface area contributed by atoms with Gasteiger partial charge >= 0.3 is 5.97 Å². The molecule has 0 radical (unpaired) electrons. The molecule has 1 saturated heterocycles. The number of piperidine rings is 1. The number of ether oxygens (including phenoxy) is 1. The van der Waals surface area contributed by atoms with E-state index in [9.17, 15) is 14.4 Å². The molecule has 5 rings (SSSR count). The van der Waals surface area contributed by atoms with Crippen LogP contribution < -0.4 is 0 Å². The number of amides is 2. The maximum Gasteiger partial charge on any atom is 0.310 e. The number of carbonyl (C=O) groups excluding carboxylic acids is 3. The Morgan fingerprint density at radius 1 is 0.686 bits per heavy atom. The molecule has 1 fully saturated rings. The van der Waals surface area contributed by atoms with Crippen LogP contribution in [0, 0.1) is 0 Å². The zero-order valence-corrected chi connectivity index (χ0v) is 30.6. The summed E-state index contributed by atoms with van der Waals surface area (Å²) in [5, 5.41) is 0. The monoisotopic (exact) mass is 688 g/mol. The lowest BCUT2D eigenvalue weighted by atomic mass is 9.98. The summed E-state index contributed by atoms with van der Waals surface area (Å²) in [5.41, 5.74) is 6.80. The first-order chi connectivity index (χ1) is 24.7. The molecule has 268 valence electrons. The molecule has 4 aromatic rings. The lowest BCUT2D eigenvalue weighted by Gasteiger charge is -2.32. The van der Waals surface area contributed by atoms with E-state index in [-0.39, 0.29) is 30.3 Å². The van der Waals surface area contributed by atoms with Crippen molar-refractivity contribution in [3.05, 3.63) is 131 Å². The summed E-state index contributed by atoms with van der Waals surface area (Å²) in [6.45, 7) is 7.39. The van der Waals surface area contributed by atoms with Gasteiger partial charge in [0.15, 0.2) is 0 Å². The minimum absolute atomic E-state index is 0.00808. The molecule has 1 aliphatic heterocycles. The van der Waals surface area contributed by atoms with Gasteiger partial charge in [-0.15, -0.1) is 0 Å². The van der Waals surface area contributed by atoms with Crippen molar-refractivity contribution in [2.75, 3.05) is 53.9 Å². The van der Waals surface area contributed by atoms with Gasteiger partial charge in [-0.25, -0.2) is 0 Å². The van der Waals surface area contributed by atoms with Crippen LogP contribution in [0.5, 0.6) is 0 Å². The van der Waals surface area contributed by atoms with Crippen LogP contribution in [0.2, 0.25) is 0 Å². The molecule has 0 N–H and O–H groups in total. The van der Waals surface area contributed by atoms with Crippen molar-refractivity contribution in [3.8, 4) is 11.1 Å². The predicted octanol–water partition coefficient (Wildman–Crippen LogP) is 6.79. The normalized spacial score (nSPS) is 13.6. The number of benzene rings is 4. The number of nitrogens with zero attached hydrogens (tertiary/aromatic N) is 4. The molecule has 51 heavy (non-hydrogen) atoms. The smallest absolute Gasteiger partial charge is 0.310 e. The first-order valence-electron chi connectivity index (χ1n) is 18.1. The summed E-state index contributed by atoms with van der Waals surface area (Å²) in [7, 11) is 5.76. The second kappa shape index (κ2) is 18.4. The van der Waals surface area contributed by atoms with Gasteiger partial charge in [-0.3, -0.25) is 19.3 Å². The third-order valence-corrected chi connectivity index (χ3v) is 9.58. The van der Waals surface area contributed by atoms with E-state index in [2.05, 4.69) is 42.0 Å². The number of hydrogen-bond acceptors (Lipinski definition) is 6. The highest BCUT2D eigenvalue weighted by Gasteiger charge is 2.24. The summed E-state index contributed by atoms with van der Waals surface area (Å²) in [5.74, 6) is -0.127. The number of esters is 1. The lowest BCUT2D eigenvalue weighted by molar-refractivity contribution is -0.150. The van der Waals surface area contributed by atoms with E-state index in [1.807, 2.05) is 99.0 Å². The van der Waals surface area contributed by atoms with Gasteiger partial charge in [-0.05, 0) is 78.4 Å². The molecule has 0 unspecified atom stereocenters. The maximum absolute atomic E-state index is 13.2. The largest absolute Gasteiger partial charge is 0.462 e. The van der Waals surface area contributed by atoms with Crippen molar-refractivity contribution < 1.29 is 19.1 Å². The fourth-order valence-corrected chi connectivity index (χ4v) is 6.66. The molecule has 1 aliphatic rings. The zero-order valence-electron chi connectivity index (χ0n) is 30.6. The highest BCUT2D eigenvalue weighted by Crippen LogP contribution is 2.25. The Morgan fingerprint density at radius 3 is 1.78 bits per heavy atom. The van der Waals surface area contributed by atoms with E-state index in [4.69, 9.17) is 4.74 Å². The van der Waals surface area contributed by atoms with Crippen molar-refractivity contribution in [2.24, 2.45) is 0 Å². The van der Waals surface area contributed by atoms with Crippen molar-refractivity contribution >= 4 is 17.8 Å². The van der Waals surface area contributed by atoms with Gasteiger partial charge in [0.1, 0.15) is 6.10 Å². The first-order valence-corrected chi connectivity index (χ1v) is 18.1. The summed E-state index contributed by atoms with van der Waals surface area (Å²) >= 11 is 0. The van der Waals surface area contributed by atoms with Crippen molar-refractivity contribution in [1.29, 1.82) is 0 Å². The van der Waals surface area contributed by atoms with Crippen LogP contribution in [0.3, 0.4) is 0 Å². The van der Waals surface area contributed by atoms with E-state index >= 15 is 0 Å². The minimum atomic E-state index is -0.185. The topological polar surface area (TPSA) is 73.4 Å². The van der Waals surface area contributed by atoms with Crippen molar-refractivity contribution in [2.45, 2.75) is 51.8 Å². The van der Waals surface area contributed by atoms with E-state index in [0.29, 0.717) is 17.7 Å². The molecule has 0 spiro atoms. The van der Waals surface area contributed by atoms with Crippen LogP contribution in [0.4, 0.5) is 0 Å². The number of hydrogen-bond donors (Lipinski definition) is 0. The molecule has 8 nitrogen and oxygen atoms in total. The average molecular weight is 689 g/mol. The van der Waals surface area contributed by atoms with Crippen molar-refractivity contribution in [3.63, 3.8) is 0 Å². The van der Waals surface area contributed by atoms with Crippen LogP contribution >= 0.6 is 0 Å². The number of likely N-dealkylation sites (tertiary alicyclic amines) is 1. The van der Waals surface area contributed by atoms with Crippen molar-refractivity contribution in [1.82, 2.24) is 19.6 Å². The van der Waals surface area contributed by atoms with Gasteiger partial charge in [-0.2, -0.15) is 0 Å². The molecule has 0 aromatic heterocycles. The fraction of sp³-hybridized carbons (Fsp3) is 0.372. The van der Waals surface area contributed by atoms with E-state index in [1.165, 1.54) is 0 Å². The maximum atomic E-state index is 13.2. The summed E-state index contributed by atoms with van der Waals surface area (Å²) in [4.78, 5) is 46.7. The Bertz CT molecular complexity index is 1720. The first kappa shape index (κ1) is 37.5. The van der Waals surface area contributed by atoms with Crippen LogP contribution in [-0.4, -0.2) is 97.4 Å². The molecule has 0 bridgehead atoms. The molecule has 2 amide bonds. The summed E-state index contributed by atoms with van der Waals surface area (Å²) in [6, 6.07) is 33.9. The Kier molecular flexibility index (Phi) is 13.6. The van der Waals surface area contributed by atoms with Gasteiger partial charge in [0.05, 0.1) is 6.42 Å². The van der Waals surface area contributed by atoms with E-state index in [0.717, 1.165) is 86.3 Å². The second-order valence-electron chi connectivity index (χ2n) is 13.8. The molecule has 8 heteroatoms. The SMILES string of the molecule is CCCN(C)C(=O)c1ccc(CN(C)Cc2ccc(C(=O)N(C)CCN3CCC(OC(=O)Cc4ccccc4-c4ccccc4)CC3)cc2)cc1. The number of carbonyl (C=O) groups is 3. The van der Waals surface area contributed by atoms with Gasteiger partial charge < -0.3 is 19.4 Å². The quantitative estimate of drug-likeness (QED) is 0.128. The second-order valence-corrected chi connectivity index (χ2v) is 13.8. The van der Waals surface area contributed by atoms with Gasteiger partial charge in [-0.1, -0.05) is 85.8 Å². The van der Waals surface area contributed by atoms with Crippen LogP contribution in [0.15, 0.2) is 103 Å². The van der Waals surface area contributed by atoms with E-state index in [1.54, 1.807) is 9.80 Å².